The average Bonchev–Trinajstić information content (AvgIpc) is 2.70. The minimum Gasteiger partial charge on any atom is -0.366 e. The van der Waals surface area contributed by atoms with Crippen LogP contribution in [0.1, 0.15) is 31.2 Å². The number of piperidine rings is 1. The van der Waals surface area contributed by atoms with Gasteiger partial charge in [0.1, 0.15) is 6.10 Å². The van der Waals surface area contributed by atoms with Crippen LogP contribution in [0.2, 0.25) is 0 Å². The molecule has 0 aromatic heterocycles. The maximum atomic E-state index is 12.0. The van der Waals surface area contributed by atoms with E-state index in [-0.39, 0.29) is 12.0 Å². The highest BCUT2D eigenvalue weighted by molar-refractivity contribution is 5.81. The third-order valence-corrected chi connectivity index (χ3v) is 5.49. The molecule has 1 aromatic carbocycles. The summed E-state index contributed by atoms with van der Waals surface area (Å²) in [5, 5.41) is 6.19. The van der Waals surface area contributed by atoms with E-state index in [1.54, 1.807) is 0 Å². The average molecular weight is 360 g/mol. The second kappa shape index (κ2) is 10.7. The molecule has 26 heavy (non-hydrogen) atoms. The van der Waals surface area contributed by atoms with Crippen molar-refractivity contribution in [2.24, 2.45) is 5.92 Å². The van der Waals surface area contributed by atoms with Crippen molar-refractivity contribution >= 4 is 5.91 Å². The highest BCUT2D eigenvalue weighted by Crippen LogP contribution is 2.21. The van der Waals surface area contributed by atoms with E-state index in [9.17, 15) is 4.79 Å². The van der Waals surface area contributed by atoms with Crippen LogP contribution in [0.3, 0.4) is 0 Å². The van der Waals surface area contributed by atoms with E-state index < -0.39 is 0 Å². The number of amides is 1. The van der Waals surface area contributed by atoms with Crippen LogP contribution in [0.4, 0.5) is 0 Å². The smallest absolute Gasteiger partial charge is 0.250 e. The van der Waals surface area contributed by atoms with Crippen LogP contribution in [0.25, 0.3) is 0 Å². The molecule has 0 radical (unpaired) electrons. The third kappa shape index (κ3) is 6.38. The second-order valence-electron chi connectivity index (χ2n) is 7.54. The zero-order valence-corrected chi connectivity index (χ0v) is 15.8. The van der Waals surface area contributed by atoms with E-state index in [0.717, 1.165) is 38.4 Å². The van der Waals surface area contributed by atoms with E-state index >= 15 is 0 Å². The van der Waals surface area contributed by atoms with E-state index in [1.165, 1.54) is 37.9 Å². The molecule has 1 aromatic rings. The number of carbonyl (C=O) groups is 1. The maximum absolute atomic E-state index is 12.0. The summed E-state index contributed by atoms with van der Waals surface area (Å²) >= 11 is 0. The molecule has 144 valence electrons. The topological polar surface area (TPSA) is 53.6 Å². The lowest BCUT2D eigenvalue weighted by molar-refractivity contribution is -0.134. The van der Waals surface area contributed by atoms with Gasteiger partial charge in [0.05, 0.1) is 6.61 Å². The number of nitrogens with zero attached hydrogens (tertiary/aromatic N) is 1. The van der Waals surface area contributed by atoms with Crippen molar-refractivity contribution in [3.05, 3.63) is 35.9 Å². The molecule has 1 atom stereocenters. The number of benzene rings is 1. The molecule has 0 bridgehead atoms. The van der Waals surface area contributed by atoms with Crippen LogP contribution < -0.4 is 10.6 Å². The van der Waals surface area contributed by atoms with Gasteiger partial charge >= 0.3 is 0 Å². The normalized spacial score (nSPS) is 22.2. The Morgan fingerprint density at radius 3 is 2.73 bits per heavy atom. The Hall–Kier alpha value is -1.43. The Bertz CT molecular complexity index is 523. The summed E-state index contributed by atoms with van der Waals surface area (Å²) in [5.41, 5.74) is 1.47. The summed E-state index contributed by atoms with van der Waals surface area (Å²) in [6.45, 7) is 6.42. The van der Waals surface area contributed by atoms with Crippen LogP contribution in [0.5, 0.6) is 0 Å². The summed E-state index contributed by atoms with van der Waals surface area (Å²) in [7, 11) is 0. The Labute approximate surface area is 157 Å². The molecule has 0 aliphatic carbocycles. The second-order valence-corrected chi connectivity index (χ2v) is 7.54. The molecule has 2 fully saturated rings. The van der Waals surface area contributed by atoms with Gasteiger partial charge in [0.15, 0.2) is 0 Å². The fourth-order valence-corrected chi connectivity index (χ4v) is 3.88. The molecule has 5 heteroatoms. The lowest BCUT2D eigenvalue weighted by Crippen LogP contribution is -2.48. The van der Waals surface area contributed by atoms with E-state index in [1.807, 2.05) is 0 Å². The number of morpholine rings is 1. The molecular formula is C21H33N3O2. The van der Waals surface area contributed by atoms with E-state index in [0.29, 0.717) is 13.2 Å². The lowest BCUT2D eigenvalue weighted by atomic mass is 9.90. The molecule has 2 aliphatic rings. The summed E-state index contributed by atoms with van der Waals surface area (Å²) in [4.78, 5) is 14.5. The molecule has 1 unspecified atom stereocenters. The number of hydrogen-bond donors (Lipinski definition) is 2. The molecule has 2 aliphatic heterocycles. The molecule has 2 saturated heterocycles. The number of carbonyl (C=O) groups excluding carboxylic acids is 1. The third-order valence-electron chi connectivity index (χ3n) is 5.49. The molecule has 2 N–H and O–H groups in total. The fraction of sp³-hybridized carbons (Fsp3) is 0.667. The fourth-order valence-electron chi connectivity index (χ4n) is 3.88. The highest BCUT2D eigenvalue weighted by Gasteiger charge is 2.21. The van der Waals surface area contributed by atoms with Crippen molar-refractivity contribution in [3.8, 4) is 0 Å². The lowest BCUT2D eigenvalue weighted by Gasteiger charge is -2.32. The Kier molecular flexibility index (Phi) is 7.92. The van der Waals surface area contributed by atoms with Gasteiger partial charge in [-0.25, -0.2) is 0 Å². The van der Waals surface area contributed by atoms with Gasteiger partial charge in [0, 0.05) is 19.6 Å². The molecular weight excluding hydrogens is 326 g/mol. The number of unbranched alkanes of at least 4 members (excludes halogenated alkanes) is 1. The highest BCUT2D eigenvalue weighted by atomic mass is 16.5. The molecule has 0 spiro atoms. The van der Waals surface area contributed by atoms with Gasteiger partial charge < -0.3 is 20.3 Å². The van der Waals surface area contributed by atoms with Gasteiger partial charge in [-0.3, -0.25) is 4.79 Å². The maximum Gasteiger partial charge on any atom is 0.250 e. The first-order chi connectivity index (χ1) is 12.8. The van der Waals surface area contributed by atoms with Gasteiger partial charge in [-0.2, -0.15) is 0 Å². The largest absolute Gasteiger partial charge is 0.366 e. The Balaban J connectivity index is 1.22. The van der Waals surface area contributed by atoms with Crippen LogP contribution in [0.15, 0.2) is 30.3 Å². The van der Waals surface area contributed by atoms with Gasteiger partial charge in [-0.05, 0) is 63.2 Å². The van der Waals surface area contributed by atoms with Gasteiger partial charge in [0.25, 0.3) is 0 Å². The first kappa shape index (κ1) is 19.3. The van der Waals surface area contributed by atoms with E-state index in [4.69, 9.17) is 4.74 Å². The standard InChI is InChI=1S/C21H33N3O2/c25-21(20-17-22-11-15-26-20)23-10-4-5-12-24-13-8-19(9-14-24)16-18-6-2-1-3-7-18/h1-3,6-7,19-20,22H,4-5,8-17H2,(H,23,25). The molecule has 2 heterocycles. The van der Waals surface area contributed by atoms with Gasteiger partial charge in [-0.1, -0.05) is 30.3 Å². The zero-order chi connectivity index (χ0) is 18.0. The number of nitrogens with one attached hydrogen (secondary N) is 2. The monoisotopic (exact) mass is 359 g/mol. The number of ether oxygens (including phenoxy) is 1. The Morgan fingerprint density at radius 2 is 2.00 bits per heavy atom. The zero-order valence-electron chi connectivity index (χ0n) is 15.8. The van der Waals surface area contributed by atoms with E-state index in [2.05, 4.69) is 45.9 Å². The molecule has 0 saturated carbocycles. The summed E-state index contributed by atoms with van der Waals surface area (Å²) < 4.78 is 5.46. The van der Waals surface area contributed by atoms with Gasteiger partial charge in [0.2, 0.25) is 5.91 Å². The van der Waals surface area contributed by atoms with Crippen molar-refractivity contribution in [3.63, 3.8) is 0 Å². The van der Waals surface area contributed by atoms with Crippen molar-refractivity contribution < 1.29 is 9.53 Å². The summed E-state index contributed by atoms with van der Waals surface area (Å²) in [5.74, 6) is 0.857. The summed E-state index contributed by atoms with van der Waals surface area (Å²) in [6.07, 6.45) is 5.70. The first-order valence-electron chi connectivity index (χ1n) is 10.2. The van der Waals surface area contributed by atoms with Crippen molar-refractivity contribution in [1.29, 1.82) is 0 Å². The minimum atomic E-state index is -0.313. The van der Waals surface area contributed by atoms with Crippen molar-refractivity contribution in [1.82, 2.24) is 15.5 Å². The van der Waals surface area contributed by atoms with Gasteiger partial charge in [-0.15, -0.1) is 0 Å². The summed E-state index contributed by atoms with van der Waals surface area (Å²) in [6, 6.07) is 10.9. The van der Waals surface area contributed by atoms with Crippen LogP contribution in [0, 0.1) is 5.92 Å². The van der Waals surface area contributed by atoms with Crippen LogP contribution in [-0.4, -0.2) is 62.8 Å². The SMILES string of the molecule is O=C(NCCCCN1CCC(Cc2ccccc2)CC1)C1CNCCO1. The minimum absolute atomic E-state index is 0.0268. The number of rotatable bonds is 8. The predicted molar refractivity (Wildman–Crippen MR) is 104 cm³/mol. The number of hydrogen-bond acceptors (Lipinski definition) is 4. The Morgan fingerprint density at radius 1 is 1.19 bits per heavy atom. The van der Waals surface area contributed by atoms with Crippen LogP contribution >= 0.6 is 0 Å². The first-order valence-corrected chi connectivity index (χ1v) is 10.2. The molecule has 1 amide bonds. The molecule has 5 nitrogen and oxygen atoms in total. The van der Waals surface area contributed by atoms with Crippen LogP contribution in [-0.2, 0) is 16.0 Å². The predicted octanol–water partition coefficient (Wildman–Crippen LogP) is 1.83. The van der Waals surface area contributed by atoms with Crippen molar-refractivity contribution in [2.45, 2.75) is 38.2 Å². The molecule has 3 rings (SSSR count). The quantitative estimate of drug-likeness (QED) is 0.696. The van der Waals surface area contributed by atoms with Crippen molar-refractivity contribution in [2.75, 3.05) is 45.9 Å². The number of likely N-dealkylation sites (tertiary alicyclic amines) is 1.